The van der Waals surface area contributed by atoms with Gasteiger partial charge in [0, 0.05) is 6.42 Å². The number of amides is 1. The Labute approximate surface area is 429 Å². The summed E-state index contributed by atoms with van der Waals surface area (Å²) in [5, 5.41) is 120. The highest BCUT2D eigenvalue weighted by molar-refractivity contribution is 5.76. The zero-order valence-corrected chi connectivity index (χ0v) is 43.7. The van der Waals surface area contributed by atoms with Crippen LogP contribution in [0.2, 0.25) is 0 Å². The van der Waals surface area contributed by atoms with Crippen LogP contribution >= 0.6 is 0 Å². The number of nitrogens with one attached hydrogen (secondary N) is 1. The van der Waals surface area contributed by atoms with Crippen molar-refractivity contribution in [3.8, 4) is 0 Å². The van der Waals surface area contributed by atoms with Crippen molar-refractivity contribution in [2.75, 3.05) is 26.4 Å². The predicted octanol–water partition coefficient (Wildman–Crippen LogP) is 3.43. The highest BCUT2D eigenvalue weighted by atomic mass is 16.8. The minimum Gasteiger partial charge on any atom is -0.394 e. The Kier molecular flexibility index (Phi) is 34.3. The summed E-state index contributed by atoms with van der Waals surface area (Å²) in [6.07, 6.45) is 7.35. The molecule has 0 spiro atoms. The predicted molar refractivity (Wildman–Crippen MR) is 268 cm³/mol. The first kappa shape index (κ1) is 64.8. The fourth-order valence-corrected chi connectivity index (χ4v) is 9.66. The lowest BCUT2D eigenvalue weighted by atomic mass is 9.96. The van der Waals surface area contributed by atoms with Crippen LogP contribution < -0.4 is 5.32 Å². The van der Waals surface area contributed by atoms with Gasteiger partial charge in [-0.1, -0.05) is 154 Å². The van der Waals surface area contributed by atoms with E-state index in [4.69, 9.17) is 28.4 Å². The molecule has 17 unspecified atom stereocenters. The summed E-state index contributed by atoms with van der Waals surface area (Å²) in [5.41, 5.74) is 0. The van der Waals surface area contributed by atoms with Gasteiger partial charge in [0.25, 0.3) is 0 Å². The quantitative estimate of drug-likeness (QED) is 0.0309. The van der Waals surface area contributed by atoms with Crippen LogP contribution in [-0.4, -0.2) is 193 Å². The maximum absolute atomic E-state index is 13.3. The normalized spacial score (nSPS) is 32.0. The number of allylic oxidation sites excluding steroid dienone is 2. The molecule has 3 aliphatic heterocycles. The van der Waals surface area contributed by atoms with E-state index in [0.717, 1.165) is 64.2 Å². The third kappa shape index (κ3) is 23.0. The van der Waals surface area contributed by atoms with E-state index in [1.807, 2.05) is 0 Å². The van der Waals surface area contributed by atoms with E-state index >= 15 is 0 Å². The van der Waals surface area contributed by atoms with Gasteiger partial charge in [0.05, 0.1) is 38.6 Å². The molecule has 19 nitrogen and oxygen atoms in total. The molecule has 17 atom stereocenters. The van der Waals surface area contributed by atoms with E-state index in [9.17, 15) is 61.0 Å². The van der Waals surface area contributed by atoms with Crippen LogP contribution in [0.3, 0.4) is 0 Å². The second-order valence-corrected chi connectivity index (χ2v) is 20.4. The van der Waals surface area contributed by atoms with E-state index in [1.54, 1.807) is 0 Å². The van der Waals surface area contributed by atoms with Crippen LogP contribution in [-0.2, 0) is 33.2 Å². The number of hydrogen-bond acceptors (Lipinski definition) is 18. The zero-order chi connectivity index (χ0) is 52.7. The third-order valence-electron chi connectivity index (χ3n) is 14.3. The topological polar surface area (TPSA) is 307 Å². The molecule has 3 aliphatic rings. The Morgan fingerprint density at radius 2 is 0.875 bits per heavy atom. The summed E-state index contributed by atoms with van der Waals surface area (Å²) in [7, 11) is 0. The van der Waals surface area contributed by atoms with Crippen LogP contribution in [0, 0.1) is 0 Å². The number of carbonyl (C=O) groups excluding carboxylic acids is 1. The fraction of sp³-hybridized carbons (Fsp3) is 0.943. The Morgan fingerprint density at radius 1 is 0.486 bits per heavy atom. The van der Waals surface area contributed by atoms with Crippen molar-refractivity contribution in [1.29, 1.82) is 0 Å². The highest BCUT2D eigenvalue weighted by Gasteiger charge is 2.53. The zero-order valence-electron chi connectivity index (χ0n) is 43.7. The van der Waals surface area contributed by atoms with E-state index in [1.165, 1.54) is 89.9 Å². The van der Waals surface area contributed by atoms with Crippen molar-refractivity contribution < 1.29 is 89.4 Å². The van der Waals surface area contributed by atoms with Crippen molar-refractivity contribution in [2.45, 2.75) is 291 Å². The van der Waals surface area contributed by atoms with Crippen molar-refractivity contribution in [3.63, 3.8) is 0 Å². The monoisotopic (exact) mass is 1040 g/mol. The number of carbonyl (C=O) groups is 1. The number of aliphatic hydroxyl groups excluding tert-OH is 11. The van der Waals surface area contributed by atoms with Crippen LogP contribution in [0.1, 0.15) is 187 Å². The SMILES string of the molecule is CCCCCCCC/C=C\CCCCCCCC(=O)NC(COC1OC(CO)C(OC2OC(CO)C(OC3OC(CO)C(O)C(O)C3O)C(O)C2O)C(O)C1O)C(O)CCCCCCCCCCCCCC. The summed E-state index contributed by atoms with van der Waals surface area (Å²) >= 11 is 0. The molecule has 0 radical (unpaired) electrons. The molecule has 12 N–H and O–H groups in total. The summed E-state index contributed by atoms with van der Waals surface area (Å²) in [5.74, 6) is -0.253. The molecule has 3 heterocycles. The smallest absolute Gasteiger partial charge is 0.220 e. The van der Waals surface area contributed by atoms with Crippen molar-refractivity contribution in [2.24, 2.45) is 0 Å². The van der Waals surface area contributed by atoms with Crippen molar-refractivity contribution in [3.05, 3.63) is 12.2 Å². The van der Waals surface area contributed by atoms with Crippen LogP contribution in [0.25, 0.3) is 0 Å². The molecule has 0 aliphatic carbocycles. The lowest BCUT2D eigenvalue weighted by Gasteiger charge is -2.48. The molecule has 1 amide bonds. The molecule has 0 bridgehead atoms. The highest BCUT2D eigenvalue weighted by Crippen LogP contribution is 2.33. The first-order valence-electron chi connectivity index (χ1n) is 27.9. The number of unbranched alkanes of at least 4 members (excludes halogenated alkanes) is 22. The Hall–Kier alpha value is -1.47. The van der Waals surface area contributed by atoms with Gasteiger partial charge in [-0.25, -0.2) is 0 Å². The lowest BCUT2D eigenvalue weighted by molar-refractivity contribution is -0.379. The minimum absolute atomic E-state index is 0.253. The Bertz CT molecular complexity index is 1380. The van der Waals surface area contributed by atoms with E-state index in [2.05, 4.69) is 31.3 Å². The largest absolute Gasteiger partial charge is 0.394 e. The molecule has 0 saturated carbocycles. The van der Waals surface area contributed by atoms with E-state index in [-0.39, 0.29) is 18.9 Å². The van der Waals surface area contributed by atoms with Crippen molar-refractivity contribution in [1.82, 2.24) is 5.32 Å². The number of hydrogen-bond donors (Lipinski definition) is 12. The average Bonchev–Trinajstić information content (AvgIpc) is 3.37. The maximum Gasteiger partial charge on any atom is 0.220 e. The molecule has 0 aromatic heterocycles. The van der Waals surface area contributed by atoms with Crippen LogP contribution in [0.4, 0.5) is 0 Å². The molecule has 0 aromatic rings. The molecule has 0 aromatic carbocycles. The second-order valence-electron chi connectivity index (χ2n) is 20.4. The standard InChI is InChI=1S/C53H99NO18/c1-3-5-7-9-11-13-15-17-18-19-21-23-25-27-29-31-41(59)54-36(37(58)30-28-26-24-22-20-16-14-12-10-8-6-4-2)35-67-51-47(65)44(62)49(39(33-56)69-51)72-53-48(66)45(63)50(40(34-57)70-53)71-52-46(64)43(61)42(60)38(32-55)68-52/h17-18,36-40,42-53,55-58,60-66H,3-16,19-35H2,1-2H3,(H,54,59)/b18-17-. The number of aliphatic hydroxyl groups is 11. The number of rotatable bonds is 40. The van der Waals surface area contributed by atoms with Crippen molar-refractivity contribution >= 4 is 5.91 Å². The molecular formula is C53H99NO18. The number of ether oxygens (including phenoxy) is 6. The van der Waals surface area contributed by atoms with E-state index < -0.39 is 124 Å². The summed E-state index contributed by atoms with van der Waals surface area (Å²) in [6.45, 7) is 1.75. The second kappa shape index (κ2) is 38.1. The summed E-state index contributed by atoms with van der Waals surface area (Å²) in [4.78, 5) is 13.3. The molecule has 3 saturated heterocycles. The first-order valence-corrected chi connectivity index (χ1v) is 27.9. The maximum atomic E-state index is 13.3. The van der Waals surface area contributed by atoms with E-state index in [0.29, 0.717) is 12.8 Å². The lowest BCUT2D eigenvalue weighted by Crippen LogP contribution is -2.66. The van der Waals surface area contributed by atoms with Gasteiger partial charge >= 0.3 is 0 Å². The van der Waals surface area contributed by atoms with Gasteiger partial charge in [-0.05, 0) is 38.5 Å². The molecule has 3 fully saturated rings. The third-order valence-corrected chi connectivity index (χ3v) is 14.3. The molecule has 424 valence electrons. The van der Waals surface area contributed by atoms with Crippen LogP contribution in [0.15, 0.2) is 12.2 Å². The Morgan fingerprint density at radius 3 is 1.35 bits per heavy atom. The summed E-state index contributed by atoms with van der Waals surface area (Å²) < 4.78 is 34.2. The van der Waals surface area contributed by atoms with Gasteiger partial charge in [-0.3, -0.25) is 4.79 Å². The van der Waals surface area contributed by atoms with Gasteiger partial charge in [-0.2, -0.15) is 0 Å². The summed E-state index contributed by atoms with van der Waals surface area (Å²) in [6, 6.07) is -0.885. The van der Waals surface area contributed by atoms with Gasteiger partial charge in [-0.15, -0.1) is 0 Å². The fourth-order valence-electron chi connectivity index (χ4n) is 9.66. The molecule has 3 rings (SSSR count). The van der Waals surface area contributed by atoms with Gasteiger partial charge < -0.3 is 89.9 Å². The minimum atomic E-state index is -1.97. The Balaban J connectivity index is 1.53. The van der Waals surface area contributed by atoms with Crippen LogP contribution in [0.5, 0.6) is 0 Å². The van der Waals surface area contributed by atoms with Gasteiger partial charge in [0.15, 0.2) is 18.9 Å². The molecule has 19 heteroatoms. The van der Waals surface area contributed by atoms with Gasteiger partial charge in [0.2, 0.25) is 5.91 Å². The average molecular weight is 1040 g/mol. The molecule has 72 heavy (non-hydrogen) atoms. The molecular weight excluding hydrogens is 939 g/mol. The first-order chi connectivity index (χ1) is 34.8. The van der Waals surface area contributed by atoms with Gasteiger partial charge in [0.1, 0.15) is 73.2 Å².